The maximum Gasteiger partial charge on any atom is 0.276 e. The van der Waals surface area contributed by atoms with E-state index in [9.17, 15) is 29.8 Å². The van der Waals surface area contributed by atoms with Gasteiger partial charge in [0.25, 0.3) is 17.5 Å². The molecule has 6 rings (SSSR count). The van der Waals surface area contributed by atoms with Crippen LogP contribution in [-0.4, -0.2) is 27.9 Å². The van der Waals surface area contributed by atoms with E-state index in [0.29, 0.717) is 39.0 Å². The molecule has 2 atom stereocenters. The minimum atomic E-state index is -0.695. The van der Waals surface area contributed by atoms with E-state index in [-0.39, 0.29) is 22.9 Å². The van der Waals surface area contributed by atoms with Gasteiger partial charge < -0.3 is 16.0 Å². The molecule has 3 amide bonds. The van der Waals surface area contributed by atoms with Crippen molar-refractivity contribution >= 4 is 63.3 Å². The highest BCUT2D eigenvalue weighted by molar-refractivity contribution is 8.00. The molecular weight excluding hydrogens is 707 g/mol. The number of nitro benzene ring substituents is 1. The first-order valence-corrected chi connectivity index (χ1v) is 18.7. The number of thioether (sulfide) groups is 1. The van der Waals surface area contributed by atoms with Gasteiger partial charge in [-0.15, -0.1) is 23.1 Å². The average molecular weight is 742 g/mol. The van der Waals surface area contributed by atoms with E-state index < -0.39 is 22.0 Å². The summed E-state index contributed by atoms with van der Waals surface area (Å²) in [6.45, 7) is 1.91. The van der Waals surface area contributed by atoms with Gasteiger partial charge in [-0.1, -0.05) is 73.7 Å². The second-order valence-corrected chi connectivity index (χ2v) is 14.7. The minimum Gasteiger partial charge on any atom is -0.321 e. The number of rotatable bonds is 12. The van der Waals surface area contributed by atoms with E-state index in [0.717, 1.165) is 29.7 Å². The molecule has 0 aliphatic heterocycles. The van der Waals surface area contributed by atoms with Gasteiger partial charge in [-0.2, -0.15) is 5.26 Å². The number of nitriles is 1. The number of amides is 3. The molecule has 53 heavy (non-hydrogen) atoms. The normalized spacial score (nSPS) is 14.3. The van der Waals surface area contributed by atoms with E-state index in [4.69, 9.17) is 0 Å². The van der Waals surface area contributed by atoms with Crippen molar-refractivity contribution in [2.45, 2.75) is 48.7 Å². The maximum atomic E-state index is 13.7. The third kappa shape index (κ3) is 8.89. The van der Waals surface area contributed by atoms with Gasteiger partial charge in [-0.05, 0) is 85.2 Å². The Morgan fingerprint density at radius 2 is 1.70 bits per heavy atom. The van der Waals surface area contributed by atoms with Crippen molar-refractivity contribution in [3.8, 4) is 6.07 Å². The van der Waals surface area contributed by atoms with Crippen molar-refractivity contribution < 1.29 is 19.3 Å². The summed E-state index contributed by atoms with van der Waals surface area (Å²) in [4.78, 5) is 53.3. The topological polar surface area (TPSA) is 154 Å². The van der Waals surface area contributed by atoms with Crippen LogP contribution in [0.5, 0.6) is 0 Å². The van der Waals surface area contributed by atoms with Crippen LogP contribution in [-0.2, 0) is 22.4 Å². The summed E-state index contributed by atoms with van der Waals surface area (Å²) in [6.07, 6.45) is 4.32. The third-order valence-electron chi connectivity index (χ3n) is 8.88. The Bertz CT molecular complexity index is 2230. The van der Waals surface area contributed by atoms with Gasteiger partial charge in [0.1, 0.15) is 16.8 Å². The molecule has 0 bridgehead atoms. The first-order chi connectivity index (χ1) is 25.7. The Morgan fingerprint density at radius 3 is 2.42 bits per heavy atom. The second-order valence-electron chi connectivity index (χ2n) is 12.4. The lowest BCUT2D eigenvalue weighted by atomic mass is 9.83. The molecule has 1 aliphatic rings. The van der Waals surface area contributed by atoms with Gasteiger partial charge in [-0.25, -0.2) is 0 Å². The molecule has 5 aromatic rings. The van der Waals surface area contributed by atoms with Crippen LogP contribution in [0.1, 0.15) is 63.2 Å². The lowest BCUT2D eigenvalue weighted by Gasteiger charge is -2.22. The molecule has 4 aromatic carbocycles. The van der Waals surface area contributed by atoms with Crippen molar-refractivity contribution in [2.24, 2.45) is 0 Å². The standard InChI is InChI=1S/C41H35N5O5S2/c1-2-36(40(49)45-41-33(25-42)32-21-20-28(23-37(32)53-41)26-12-5-3-6-13-26)52-31-18-11-17-30(24-31)43-39(48)34(44-38(47)27-14-7-4-8-15-27)22-29-16-9-10-19-35(29)46(50)51/h3-19,22,24,28,36H,2,20-21,23H2,1H3,(H,43,48)(H,44,47)(H,45,49)/b34-22+. The lowest BCUT2D eigenvalue weighted by Crippen LogP contribution is -2.30. The zero-order valence-corrected chi connectivity index (χ0v) is 30.3. The van der Waals surface area contributed by atoms with Crippen molar-refractivity contribution in [2.75, 3.05) is 10.6 Å². The fourth-order valence-corrected chi connectivity index (χ4v) is 8.49. The molecular formula is C41H35N5O5S2. The van der Waals surface area contributed by atoms with Gasteiger partial charge in [-0.3, -0.25) is 24.5 Å². The largest absolute Gasteiger partial charge is 0.321 e. The Kier molecular flexibility index (Phi) is 11.8. The molecule has 0 saturated carbocycles. The highest BCUT2D eigenvalue weighted by atomic mass is 32.2. The molecule has 3 N–H and O–H groups in total. The van der Waals surface area contributed by atoms with E-state index in [2.05, 4.69) is 34.2 Å². The van der Waals surface area contributed by atoms with Gasteiger partial charge in [0.05, 0.1) is 21.3 Å². The highest BCUT2D eigenvalue weighted by Crippen LogP contribution is 2.42. The number of hydrogen-bond acceptors (Lipinski definition) is 8. The first kappa shape index (κ1) is 36.8. The second kappa shape index (κ2) is 17.0. The molecule has 2 unspecified atom stereocenters. The molecule has 1 aliphatic carbocycles. The van der Waals surface area contributed by atoms with Crippen molar-refractivity contribution in [3.05, 3.63) is 158 Å². The number of benzene rings is 4. The van der Waals surface area contributed by atoms with E-state index in [1.165, 1.54) is 52.9 Å². The summed E-state index contributed by atoms with van der Waals surface area (Å²) in [5, 5.41) is 30.3. The smallest absolute Gasteiger partial charge is 0.276 e. The zero-order valence-electron chi connectivity index (χ0n) is 28.7. The molecule has 0 fully saturated rings. The molecule has 0 radical (unpaired) electrons. The van der Waals surface area contributed by atoms with E-state index in [1.54, 1.807) is 54.6 Å². The average Bonchev–Trinajstić information content (AvgIpc) is 3.53. The quantitative estimate of drug-likeness (QED) is 0.0500. The van der Waals surface area contributed by atoms with Crippen molar-refractivity contribution in [1.82, 2.24) is 5.32 Å². The molecule has 1 aromatic heterocycles. The van der Waals surface area contributed by atoms with Crippen LogP contribution >= 0.6 is 23.1 Å². The molecule has 0 spiro atoms. The van der Waals surface area contributed by atoms with Gasteiger partial charge >= 0.3 is 0 Å². The number of carbonyl (C=O) groups excluding carboxylic acids is 3. The number of nitro groups is 1. The van der Waals surface area contributed by atoms with Crippen LogP contribution in [0.15, 0.2) is 120 Å². The summed E-state index contributed by atoms with van der Waals surface area (Å²) in [6, 6.07) is 33.9. The monoisotopic (exact) mass is 741 g/mol. The van der Waals surface area contributed by atoms with Crippen LogP contribution in [0.3, 0.4) is 0 Å². The SMILES string of the molecule is CCC(Sc1cccc(NC(=O)/C(=C\c2ccccc2[N+](=O)[O-])NC(=O)c2ccccc2)c1)C(=O)Nc1sc2c(c1C#N)CCC(c1ccccc1)C2. The fourth-order valence-electron chi connectivity index (χ4n) is 6.20. The van der Waals surface area contributed by atoms with Crippen molar-refractivity contribution in [3.63, 3.8) is 0 Å². The molecule has 1 heterocycles. The number of hydrogen-bond donors (Lipinski definition) is 3. The summed E-state index contributed by atoms with van der Waals surface area (Å²) < 4.78 is 0. The van der Waals surface area contributed by atoms with Crippen LogP contribution in [0.2, 0.25) is 0 Å². The number of carbonyl (C=O) groups is 3. The number of para-hydroxylation sites is 1. The van der Waals surface area contributed by atoms with E-state index in [1.807, 2.05) is 31.2 Å². The number of nitrogens with one attached hydrogen (secondary N) is 3. The lowest BCUT2D eigenvalue weighted by molar-refractivity contribution is -0.385. The Balaban J connectivity index is 1.17. The Morgan fingerprint density at radius 1 is 0.981 bits per heavy atom. The van der Waals surface area contributed by atoms with Gasteiger partial charge in [0.15, 0.2) is 0 Å². The maximum absolute atomic E-state index is 13.7. The predicted molar refractivity (Wildman–Crippen MR) is 209 cm³/mol. The van der Waals surface area contributed by atoms with Crippen LogP contribution in [0.25, 0.3) is 6.08 Å². The fraction of sp³-hybridized carbons (Fsp3) is 0.171. The summed E-state index contributed by atoms with van der Waals surface area (Å²) >= 11 is 2.81. The Labute approximate surface area is 315 Å². The van der Waals surface area contributed by atoms with Gasteiger partial charge in [0, 0.05) is 27.1 Å². The number of fused-ring (bicyclic) bond motifs is 1. The molecule has 266 valence electrons. The minimum absolute atomic E-state index is 0.138. The Hall–Kier alpha value is -6.03. The number of nitrogens with zero attached hydrogens (tertiary/aromatic N) is 2. The summed E-state index contributed by atoms with van der Waals surface area (Å²) in [5.41, 5.74) is 3.26. The summed E-state index contributed by atoms with van der Waals surface area (Å²) in [7, 11) is 0. The highest BCUT2D eigenvalue weighted by Gasteiger charge is 2.29. The molecule has 0 saturated heterocycles. The van der Waals surface area contributed by atoms with Crippen LogP contribution in [0.4, 0.5) is 16.4 Å². The molecule has 12 heteroatoms. The van der Waals surface area contributed by atoms with E-state index >= 15 is 0 Å². The molecule has 10 nitrogen and oxygen atoms in total. The van der Waals surface area contributed by atoms with Crippen LogP contribution < -0.4 is 16.0 Å². The van der Waals surface area contributed by atoms with Crippen LogP contribution in [0, 0.1) is 21.4 Å². The first-order valence-electron chi connectivity index (χ1n) is 17.0. The van der Waals surface area contributed by atoms with Gasteiger partial charge in [0.2, 0.25) is 5.91 Å². The predicted octanol–water partition coefficient (Wildman–Crippen LogP) is 8.72. The number of anilines is 2. The van der Waals surface area contributed by atoms with Crippen molar-refractivity contribution in [1.29, 1.82) is 5.26 Å². The summed E-state index contributed by atoms with van der Waals surface area (Å²) in [5.74, 6) is -1.11. The number of thiophene rings is 1. The zero-order chi connectivity index (χ0) is 37.3. The third-order valence-corrected chi connectivity index (χ3v) is 11.4.